The lowest BCUT2D eigenvalue weighted by Gasteiger charge is -2.30. The zero-order valence-corrected chi connectivity index (χ0v) is 13.7. The lowest BCUT2D eigenvalue weighted by molar-refractivity contribution is -0.138. The molecule has 1 aromatic carbocycles. The maximum atomic E-state index is 12.4. The van der Waals surface area contributed by atoms with Crippen molar-refractivity contribution in [3.05, 3.63) is 29.8 Å². The zero-order chi connectivity index (χ0) is 16.3. The molecule has 1 unspecified atom stereocenters. The molecule has 0 radical (unpaired) electrons. The Balaban J connectivity index is 3.02. The quantitative estimate of drug-likeness (QED) is 0.845. The number of benzene rings is 1. The molecule has 1 rings (SSSR count). The zero-order valence-electron chi connectivity index (χ0n) is 12.9. The van der Waals surface area contributed by atoms with Gasteiger partial charge in [-0.2, -0.15) is 0 Å². The number of carboxylic acids is 1. The first-order chi connectivity index (χ1) is 9.56. The van der Waals surface area contributed by atoms with Gasteiger partial charge in [0.15, 0.2) is 0 Å². The van der Waals surface area contributed by atoms with E-state index in [1.165, 1.54) is 0 Å². The van der Waals surface area contributed by atoms with Gasteiger partial charge in [-0.05, 0) is 29.5 Å². The highest BCUT2D eigenvalue weighted by Gasteiger charge is 2.31. The lowest BCUT2D eigenvalue weighted by atomic mass is 9.85. The second kappa shape index (κ2) is 6.58. The third-order valence-corrected chi connectivity index (χ3v) is 4.85. The van der Waals surface area contributed by atoms with E-state index in [4.69, 9.17) is 5.11 Å². The van der Waals surface area contributed by atoms with Crippen molar-refractivity contribution in [2.45, 2.75) is 51.5 Å². The van der Waals surface area contributed by atoms with Crippen LogP contribution in [0.4, 0.5) is 0 Å². The van der Waals surface area contributed by atoms with Crippen molar-refractivity contribution in [2.75, 3.05) is 0 Å². The maximum Gasteiger partial charge on any atom is 0.304 e. The molecule has 0 fully saturated rings. The van der Waals surface area contributed by atoms with Gasteiger partial charge in [-0.3, -0.25) is 4.79 Å². The molecule has 0 aliphatic rings. The molecule has 6 heteroatoms. The van der Waals surface area contributed by atoms with Crippen LogP contribution < -0.4 is 4.72 Å². The Hall–Kier alpha value is -1.40. The van der Waals surface area contributed by atoms with Crippen LogP contribution in [0.5, 0.6) is 0 Å². The van der Waals surface area contributed by atoms with Crippen molar-refractivity contribution >= 4 is 16.0 Å². The van der Waals surface area contributed by atoms with Crippen molar-refractivity contribution in [3.8, 4) is 0 Å². The summed E-state index contributed by atoms with van der Waals surface area (Å²) in [6.07, 6.45) is 0.577. The summed E-state index contributed by atoms with van der Waals surface area (Å²) in [6, 6.07) is 5.93. The van der Waals surface area contributed by atoms with Gasteiger partial charge in [0.25, 0.3) is 0 Å². The van der Waals surface area contributed by atoms with Gasteiger partial charge in [-0.25, -0.2) is 13.1 Å². The Kier molecular flexibility index (Phi) is 5.53. The highest BCUT2D eigenvalue weighted by molar-refractivity contribution is 7.89. The number of hydrogen-bond acceptors (Lipinski definition) is 3. The first kappa shape index (κ1) is 17.7. The molecule has 0 heterocycles. The summed E-state index contributed by atoms with van der Waals surface area (Å²) in [5, 5.41) is 8.95. The van der Waals surface area contributed by atoms with Gasteiger partial charge in [0.2, 0.25) is 10.0 Å². The number of carbonyl (C=O) groups is 1. The smallest absolute Gasteiger partial charge is 0.304 e. The molecule has 0 saturated carbocycles. The van der Waals surface area contributed by atoms with Gasteiger partial charge in [0.1, 0.15) is 0 Å². The fraction of sp³-hybridized carbons (Fsp3) is 0.533. The van der Waals surface area contributed by atoms with Crippen LogP contribution in [0.2, 0.25) is 0 Å². The number of aryl methyl sites for hydroxylation is 1. The average molecular weight is 313 g/mol. The molecule has 0 aliphatic carbocycles. The van der Waals surface area contributed by atoms with Gasteiger partial charge in [0.05, 0.1) is 11.3 Å². The van der Waals surface area contributed by atoms with Crippen LogP contribution >= 0.6 is 0 Å². The van der Waals surface area contributed by atoms with Crippen molar-refractivity contribution < 1.29 is 18.3 Å². The molecule has 0 saturated heterocycles. The highest BCUT2D eigenvalue weighted by Crippen LogP contribution is 2.24. The van der Waals surface area contributed by atoms with Crippen LogP contribution in [-0.4, -0.2) is 25.5 Å². The van der Waals surface area contributed by atoms with Crippen LogP contribution in [0.15, 0.2) is 29.2 Å². The van der Waals surface area contributed by atoms with Crippen LogP contribution in [0.25, 0.3) is 0 Å². The van der Waals surface area contributed by atoms with Gasteiger partial charge < -0.3 is 5.11 Å². The standard InChI is InChI=1S/C15H23NO4S/c1-5-11-6-8-12(9-7-11)21(19,20)16-13(10-14(17)18)15(2,3)4/h6-9,13,16H,5,10H2,1-4H3,(H,17,18). The molecule has 21 heavy (non-hydrogen) atoms. The number of carboxylic acid groups (broad SMARTS) is 1. The van der Waals surface area contributed by atoms with E-state index in [1.807, 2.05) is 27.7 Å². The molecule has 0 bridgehead atoms. The summed E-state index contributed by atoms with van der Waals surface area (Å²) in [4.78, 5) is 11.1. The van der Waals surface area contributed by atoms with E-state index in [0.717, 1.165) is 12.0 Å². The van der Waals surface area contributed by atoms with E-state index in [1.54, 1.807) is 24.3 Å². The molecule has 0 spiro atoms. The van der Waals surface area contributed by atoms with Gasteiger partial charge in [0, 0.05) is 6.04 Å². The highest BCUT2D eigenvalue weighted by atomic mass is 32.2. The largest absolute Gasteiger partial charge is 0.481 e. The van der Waals surface area contributed by atoms with Crippen LogP contribution in [0.3, 0.4) is 0 Å². The molecule has 0 amide bonds. The third kappa shape index (κ3) is 5.13. The lowest BCUT2D eigenvalue weighted by Crippen LogP contribution is -2.44. The van der Waals surface area contributed by atoms with E-state index >= 15 is 0 Å². The predicted molar refractivity (Wildman–Crippen MR) is 81.6 cm³/mol. The predicted octanol–water partition coefficient (Wildman–Crippen LogP) is 2.42. The Bertz CT molecular complexity index is 585. The number of rotatable bonds is 6. The van der Waals surface area contributed by atoms with Crippen LogP contribution in [0, 0.1) is 5.41 Å². The van der Waals surface area contributed by atoms with E-state index in [2.05, 4.69) is 4.72 Å². The number of hydrogen-bond donors (Lipinski definition) is 2. The monoisotopic (exact) mass is 313 g/mol. The van der Waals surface area contributed by atoms with E-state index in [9.17, 15) is 13.2 Å². The van der Waals surface area contributed by atoms with Crippen molar-refractivity contribution in [1.82, 2.24) is 4.72 Å². The van der Waals surface area contributed by atoms with Crippen molar-refractivity contribution in [2.24, 2.45) is 5.41 Å². The second-order valence-corrected chi connectivity index (χ2v) is 7.85. The summed E-state index contributed by atoms with van der Waals surface area (Å²) >= 11 is 0. The van der Waals surface area contributed by atoms with Gasteiger partial charge in [-0.15, -0.1) is 0 Å². The minimum Gasteiger partial charge on any atom is -0.481 e. The summed E-state index contributed by atoms with van der Waals surface area (Å²) < 4.78 is 27.2. The van der Waals surface area contributed by atoms with E-state index in [0.29, 0.717) is 0 Å². The molecule has 1 aromatic rings. The summed E-state index contributed by atoms with van der Waals surface area (Å²) in [5.41, 5.74) is 0.557. The second-order valence-electron chi connectivity index (χ2n) is 6.14. The Morgan fingerprint density at radius 1 is 1.24 bits per heavy atom. The molecule has 2 N–H and O–H groups in total. The number of aliphatic carboxylic acids is 1. The Morgan fingerprint density at radius 2 is 1.76 bits per heavy atom. The molecule has 5 nitrogen and oxygen atoms in total. The number of sulfonamides is 1. The summed E-state index contributed by atoms with van der Waals surface area (Å²) in [7, 11) is -3.73. The Labute approximate surface area is 126 Å². The molecule has 0 aliphatic heterocycles. The van der Waals surface area contributed by atoms with Crippen molar-refractivity contribution in [1.29, 1.82) is 0 Å². The fourth-order valence-electron chi connectivity index (χ4n) is 1.86. The van der Waals surface area contributed by atoms with E-state index < -0.39 is 27.4 Å². The minimum atomic E-state index is -3.73. The molecular weight excluding hydrogens is 290 g/mol. The summed E-state index contributed by atoms with van der Waals surface area (Å²) in [6.45, 7) is 7.42. The molecule has 118 valence electrons. The topological polar surface area (TPSA) is 83.5 Å². The van der Waals surface area contributed by atoms with E-state index in [-0.39, 0.29) is 11.3 Å². The van der Waals surface area contributed by atoms with Crippen LogP contribution in [0.1, 0.15) is 39.7 Å². The first-order valence-corrected chi connectivity index (χ1v) is 8.37. The minimum absolute atomic E-state index is 0.152. The average Bonchev–Trinajstić information content (AvgIpc) is 2.36. The first-order valence-electron chi connectivity index (χ1n) is 6.89. The molecule has 0 aromatic heterocycles. The SMILES string of the molecule is CCc1ccc(S(=O)(=O)NC(CC(=O)O)C(C)(C)C)cc1. The normalized spacial score (nSPS) is 13.9. The van der Waals surface area contributed by atoms with Crippen LogP contribution in [-0.2, 0) is 21.2 Å². The summed E-state index contributed by atoms with van der Waals surface area (Å²) in [5.74, 6) is -1.03. The molecule has 1 atom stereocenters. The van der Waals surface area contributed by atoms with Crippen molar-refractivity contribution in [3.63, 3.8) is 0 Å². The molecular formula is C15H23NO4S. The van der Waals surface area contributed by atoms with Gasteiger partial charge >= 0.3 is 5.97 Å². The third-order valence-electron chi connectivity index (χ3n) is 3.36. The Morgan fingerprint density at radius 3 is 2.14 bits per heavy atom. The maximum absolute atomic E-state index is 12.4. The number of nitrogens with one attached hydrogen (secondary N) is 1. The fourth-order valence-corrected chi connectivity index (χ4v) is 3.30. The van der Waals surface area contributed by atoms with Gasteiger partial charge in [-0.1, -0.05) is 39.8 Å².